The Morgan fingerprint density at radius 3 is 2.16 bits per heavy atom. The summed E-state index contributed by atoms with van der Waals surface area (Å²) in [6.07, 6.45) is 15.2. The van der Waals surface area contributed by atoms with Crippen LogP contribution in [-0.2, 0) is 42.9 Å². The van der Waals surface area contributed by atoms with Gasteiger partial charge in [-0.3, -0.25) is 14.4 Å². The van der Waals surface area contributed by atoms with Crippen LogP contribution in [0.4, 0.5) is 0 Å². The maximum absolute atomic E-state index is 14.5. The number of allylic oxidation sites excluding steroid dienone is 5. The van der Waals surface area contributed by atoms with E-state index in [2.05, 4.69) is 19.1 Å². The van der Waals surface area contributed by atoms with Crippen molar-refractivity contribution in [2.75, 3.05) is 27.9 Å². The van der Waals surface area contributed by atoms with Gasteiger partial charge in [-0.15, -0.1) is 0 Å². The zero-order valence-corrected chi connectivity index (χ0v) is 40.1. The summed E-state index contributed by atoms with van der Waals surface area (Å²) >= 11 is 0. The number of cyclic esters (lactones) is 1. The molecule has 2 aliphatic carbocycles. The van der Waals surface area contributed by atoms with E-state index in [1.54, 1.807) is 35.2 Å². The van der Waals surface area contributed by atoms with E-state index in [4.69, 9.17) is 23.7 Å². The summed E-state index contributed by atoms with van der Waals surface area (Å²) in [5.41, 5.74) is 1.67. The van der Waals surface area contributed by atoms with Crippen molar-refractivity contribution in [2.45, 2.75) is 198 Å². The van der Waals surface area contributed by atoms with Crippen LogP contribution in [-0.4, -0.2) is 126 Å². The van der Waals surface area contributed by atoms with Gasteiger partial charge in [0.15, 0.2) is 0 Å². The summed E-state index contributed by atoms with van der Waals surface area (Å²) in [5, 5.41) is 34.6. The summed E-state index contributed by atoms with van der Waals surface area (Å²) in [6, 6.07) is -1.14. The molecule has 2 saturated carbocycles. The molecule has 3 heterocycles. The number of nitrogens with zero attached hydrogens (tertiary/aromatic N) is 1. The molecule has 0 unspecified atom stereocenters. The molecule has 0 radical (unpaired) electrons. The van der Waals surface area contributed by atoms with Crippen molar-refractivity contribution in [1.29, 1.82) is 0 Å². The number of esters is 1. The molecular weight excluding hydrogens is 819 g/mol. The van der Waals surface area contributed by atoms with E-state index >= 15 is 0 Å². The van der Waals surface area contributed by atoms with Gasteiger partial charge < -0.3 is 43.9 Å². The molecule has 14 atom stereocenters. The second-order valence-electron chi connectivity index (χ2n) is 20.2. The Morgan fingerprint density at radius 1 is 0.812 bits per heavy atom. The Labute approximate surface area is 382 Å². The summed E-state index contributed by atoms with van der Waals surface area (Å²) in [5.74, 6) is -6.94. The molecule has 0 aromatic carbocycles. The Hall–Kier alpha value is -2.78. The molecule has 13 nitrogen and oxygen atoms in total. The van der Waals surface area contributed by atoms with E-state index in [9.17, 15) is 34.5 Å². The van der Waals surface area contributed by atoms with Gasteiger partial charge in [0, 0.05) is 52.0 Å². The Bertz CT molecular complexity index is 1650. The van der Waals surface area contributed by atoms with Gasteiger partial charge in [0.2, 0.25) is 5.79 Å². The third kappa shape index (κ3) is 13.2. The molecule has 3 N–H and O–H groups in total. The third-order valence-electron chi connectivity index (χ3n) is 15.2. The van der Waals surface area contributed by atoms with Crippen LogP contribution in [0, 0.1) is 35.5 Å². The first-order chi connectivity index (χ1) is 30.5. The fourth-order valence-corrected chi connectivity index (χ4v) is 11.2. The van der Waals surface area contributed by atoms with Crippen molar-refractivity contribution in [1.82, 2.24) is 4.90 Å². The minimum absolute atomic E-state index is 0.00806. The minimum Gasteiger partial charge on any atom is -0.456 e. The molecule has 2 bridgehead atoms. The van der Waals surface area contributed by atoms with Crippen molar-refractivity contribution < 1.29 is 58.2 Å². The second-order valence-corrected chi connectivity index (χ2v) is 20.2. The number of rotatable bonds is 9. The largest absolute Gasteiger partial charge is 0.456 e. The van der Waals surface area contributed by atoms with Gasteiger partial charge in [-0.2, -0.15) is 0 Å². The number of aliphatic hydroxyl groups excluding tert-OH is 2. The molecule has 2 saturated heterocycles. The first-order valence-electron chi connectivity index (χ1n) is 24.4. The van der Waals surface area contributed by atoms with Gasteiger partial charge in [-0.25, -0.2) is 4.79 Å². The fraction of sp³-hybridized carbons (Fsp3) is 0.804. The van der Waals surface area contributed by atoms with E-state index in [1.165, 1.54) is 37.0 Å². The monoisotopic (exact) mass is 900 g/mol. The molecule has 0 aromatic heterocycles. The highest BCUT2D eigenvalue weighted by atomic mass is 16.7. The number of carbonyl (C=O) groups excluding carboxylic acids is 4. The van der Waals surface area contributed by atoms with Crippen LogP contribution in [0.2, 0.25) is 0 Å². The lowest BCUT2D eigenvalue weighted by Crippen LogP contribution is -2.64. The Kier molecular flexibility index (Phi) is 19.8. The third-order valence-corrected chi connectivity index (χ3v) is 15.2. The average Bonchev–Trinajstić information content (AvgIpc) is 3.28. The molecule has 3 aliphatic heterocycles. The Morgan fingerprint density at radius 2 is 1.47 bits per heavy atom. The summed E-state index contributed by atoms with van der Waals surface area (Å²) in [4.78, 5) is 58.8. The van der Waals surface area contributed by atoms with Crippen molar-refractivity contribution in [3.8, 4) is 0 Å². The van der Waals surface area contributed by atoms with Gasteiger partial charge >= 0.3 is 5.97 Å². The minimum atomic E-state index is -2.51. The number of aliphatic hydroxyl groups is 3. The number of amides is 1. The lowest BCUT2D eigenvalue weighted by Gasteiger charge is -2.47. The highest BCUT2D eigenvalue weighted by Crippen LogP contribution is 2.39. The maximum atomic E-state index is 14.5. The smallest absolute Gasteiger partial charge is 0.329 e. The average molecular weight is 900 g/mol. The standard InChI is InChI=1S/C51H81NO12/c1-31-24-32(2)26-44(61-7)47-45(62-8)28-34(4)51(59,64-47)48(56)49(57)52-23-15-14-20-39(52)50(58)63-46(33(3)27-37-21-22-40(53)43(29-37)60-6)35(5)41(54)30-42(55)38(25-31)19-13-12-18-36-16-10-9-11-17-36/h12-13,25,27,32,34-41,43-47,53-54,59H,9-11,14-24,26,28-30H2,1-8H3/b13-12+,31-25+,33-27+/t32-,34+,35+,37-,38+,39-,40+,41-,43+,44-,45-,46+,47+,51+/m0/s1. The van der Waals surface area contributed by atoms with Crippen LogP contribution < -0.4 is 0 Å². The van der Waals surface area contributed by atoms with E-state index in [1.807, 2.05) is 26.0 Å². The van der Waals surface area contributed by atoms with E-state index in [-0.39, 0.29) is 49.5 Å². The highest BCUT2D eigenvalue weighted by molar-refractivity contribution is 6.39. The lowest BCUT2D eigenvalue weighted by atomic mass is 9.81. The van der Waals surface area contributed by atoms with E-state index in [0.717, 1.165) is 12.0 Å². The van der Waals surface area contributed by atoms with E-state index < -0.39 is 83.9 Å². The molecular formula is C51H81NO12. The zero-order chi connectivity index (χ0) is 46.7. The predicted octanol–water partition coefficient (Wildman–Crippen LogP) is 6.98. The number of ether oxygens (including phenoxy) is 5. The SMILES string of the molecule is CO[C@H]1C[C@@H](C)C/C(C)=C/[C@@H](C/C=C/CC2CCCCC2)C(=O)C[C@H](O)[C@@H](C)[C@@H](/C(C)=C/[C@@H]2CC[C@@H](O)[C@H](OC)C2)OC(=O)[C@@H]2CCCCN2C(=O)C(=O)[C@]2(O)O[C@H]1[C@@H](OC)C[C@H]2C. The van der Waals surface area contributed by atoms with Crippen molar-refractivity contribution >= 4 is 23.4 Å². The lowest BCUT2D eigenvalue weighted by molar-refractivity contribution is -0.302. The van der Waals surface area contributed by atoms with Crippen LogP contribution >= 0.6 is 0 Å². The van der Waals surface area contributed by atoms with Crippen LogP contribution in [0.15, 0.2) is 35.5 Å². The number of hydrogen-bond donors (Lipinski definition) is 3. The molecule has 4 fully saturated rings. The first-order valence-corrected chi connectivity index (χ1v) is 24.4. The normalized spacial score (nSPS) is 39.7. The number of hydrogen-bond acceptors (Lipinski definition) is 12. The van der Waals surface area contributed by atoms with Gasteiger partial charge in [0.25, 0.3) is 11.7 Å². The number of Topliss-reactive ketones (excluding diaryl/α,β-unsaturated/α-hetero) is 2. The number of piperidine rings is 1. The topological polar surface area (TPSA) is 178 Å². The van der Waals surface area contributed by atoms with Crippen molar-refractivity contribution in [3.05, 3.63) is 35.5 Å². The summed E-state index contributed by atoms with van der Waals surface area (Å²) in [6.45, 7) is 9.44. The molecule has 13 heteroatoms. The van der Waals surface area contributed by atoms with Gasteiger partial charge in [-0.05, 0) is 108 Å². The van der Waals surface area contributed by atoms with Crippen LogP contribution in [0.25, 0.3) is 0 Å². The second kappa shape index (κ2) is 24.3. The van der Waals surface area contributed by atoms with Crippen LogP contribution in [0.3, 0.4) is 0 Å². The van der Waals surface area contributed by atoms with Crippen LogP contribution in [0.1, 0.15) is 144 Å². The Balaban J connectivity index is 1.53. The number of fused-ring (bicyclic) bond motifs is 3. The van der Waals surface area contributed by atoms with E-state index in [0.29, 0.717) is 62.9 Å². The molecule has 5 aliphatic rings. The van der Waals surface area contributed by atoms with Gasteiger partial charge in [0.05, 0.1) is 30.5 Å². The number of methoxy groups -OCH3 is 3. The predicted molar refractivity (Wildman–Crippen MR) is 243 cm³/mol. The highest BCUT2D eigenvalue weighted by Gasteiger charge is 2.56. The molecule has 0 aromatic rings. The van der Waals surface area contributed by atoms with Crippen LogP contribution in [0.5, 0.6) is 0 Å². The molecule has 0 spiro atoms. The van der Waals surface area contributed by atoms with Gasteiger partial charge in [0.1, 0.15) is 24.0 Å². The molecule has 64 heavy (non-hydrogen) atoms. The first kappa shape index (κ1) is 52.2. The van der Waals surface area contributed by atoms with Crippen molar-refractivity contribution in [2.24, 2.45) is 35.5 Å². The molecule has 5 rings (SSSR count). The summed E-state index contributed by atoms with van der Waals surface area (Å²) in [7, 11) is 4.67. The van der Waals surface area contributed by atoms with Crippen molar-refractivity contribution in [3.63, 3.8) is 0 Å². The number of carbonyl (C=O) groups is 4. The molecule has 1 amide bonds. The zero-order valence-electron chi connectivity index (χ0n) is 40.1. The maximum Gasteiger partial charge on any atom is 0.329 e. The summed E-state index contributed by atoms with van der Waals surface area (Å²) < 4.78 is 30.1. The quantitative estimate of drug-likeness (QED) is 0.123. The van der Waals surface area contributed by atoms with Gasteiger partial charge in [-0.1, -0.05) is 82.8 Å². The molecule has 362 valence electrons. The fourth-order valence-electron chi connectivity index (χ4n) is 11.2. The number of ketones is 2.